The molecule has 1 fully saturated rings. The van der Waals surface area contributed by atoms with Crippen LogP contribution in [0.3, 0.4) is 0 Å². The summed E-state index contributed by atoms with van der Waals surface area (Å²) in [7, 11) is 0. The Labute approximate surface area is 266 Å². The molecule has 2 aliphatic rings. The molecule has 0 spiro atoms. The van der Waals surface area contributed by atoms with E-state index in [0.29, 0.717) is 62.3 Å². The molecule has 2 atom stereocenters. The van der Waals surface area contributed by atoms with Gasteiger partial charge in [-0.3, -0.25) is 14.6 Å². The fraction of sp³-hybridized carbons (Fsp3) is 0.265. The Morgan fingerprint density at radius 2 is 1.85 bits per heavy atom. The van der Waals surface area contributed by atoms with Crippen LogP contribution in [-0.2, 0) is 13.0 Å². The van der Waals surface area contributed by atoms with Gasteiger partial charge < -0.3 is 14.6 Å². The molecule has 12 heteroatoms. The van der Waals surface area contributed by atoms with Gasteiger partial charge in [0.1, 0.15) is 5.82 Å². The summed E-state index contributed by atoms with van der Waals surface area (Å²) in [6.07, 6.45) is 2.11. The van der Waals surface area contributed by atoms with Crippen LogP contribution in [0.2, 0.25) is 0 Å². The van der Waals surface area contributed by atoms with Gasteiger partial charge in [-0.15, -0.1) is 21.5 Å². The second-order valence-corrected chi connectivity index (χ2v) is 12.7. The largest absolute Gasteiger partial charge is 0.421 e. The molecule has 7 rings (SSSR count). The highest BCUT2D eigenvalue weighted by Crippen LogP contribution is 2.49. The highest BCUT2D eigenvalue weighted by atomic mass is 32.1. The van der Waals surface area contributed by atoms with Gasteiger partial charge in [0.05, 0.1) is 33.4 Å². The second-order valence-electron chi connectivity index (χ2n) is 11.6. The van der Waals surface area contributed by atoms with Gasteiger partial charge in [-0.05, 0) is 72.7 Å². The molecule has 0 saturated carbocycles. The van der Waals surface area contributed by atoms with Crippen LogP contribution in [0.15, 0.2) is 59.0 Å². The number of aromatic nitrogens is 3. The van der Waals surface area contributed by atoms with E-state index in [1.54, 1.807) is 31.2 Å². The summed E-state index contributed by atoms with van der Waals surface area (Å²) in [6, 6.07) is 13.1. The maximum atomic E-state index is 14.0. The minimum absolute atomic E-state index is 0.000974. The van der Waals surface area contributed by atoms with E-state index in [1.165, 1.54) is 29.5 Å². The van der Waals surface area contributed by atoms with E-state index in [9.17, 15) is 22.8 Å². The predicted molar refractivity (Wildman–Crippen MR) is 165 cm³/mol. The second kappa shape index (κ2) is 11.8. The highest BCUT2D eigenvalue weighted by molar-refractivity contribution is 7.17. The molecule has 0 bridgehead atoms. The molecular weight excluding hydrogens is 615 g/mol. The van der Waals surface area contributed by atoms with Crippen molar-refractivity contribution in [2.24, 2.45) is 0 Å². The zero-order chi connectivity index (χ0) is 32.1. The lowest BCUT2D eigenvalue weighted by atomic mass is 9.89. The molecule has 2 amide bonds. The molecule has 1 saturated heterocycles. The van der Waals surface area contributed by atoms with E-state index in [1.807, 2.05) is 11.8 Å². The van der Waals surface area contributed by atoms with Crippen LogP contribution < -0.4 is 5.32 Å². The van der Waals surface area contributed by atoms with Crippen LogP contribution in [-0.4, -0.2) is 38.4 Å². The van der Waals surface area contributed by atoms with Crippen LogP contribution in [0, 0.1) is 24.4 Å². The first kappa shape index (κ1) is 29.8. The number of pyridine rings is 1. The smallest absolute Gasteiger partial charge is 0.261 e. The number of carbonyl (C=O) groups is 2. The van der Waals surface area contributed by atoms with Crippen molar-refractivity contribution in [3.05, 3.63) is 111 Å². The van der Waals surface area contributed by atoms with E-state index >= 15 is 0 Å². The average molecular weight is 644 g/mol. The van der Waals surface area contributed by atoms with Gasteiger partial charge in [-0.1, -0.05) is 25.1 Å². The first-order chi connectivity index (χ1) is 22.2. The zero-order valence-electron chi connectivity index (χ0n) is 24.9. The average Bonchev–Trinajstić information content (AvgIpc) is 3.85. The van der Waals surface area contributed by atoms with Gasteiger partial charge in [0.2, 0.25) is 11.8 Å². The normalized spacial score (nSPS) is 16.1. The fourth-order valence-corrected chi connectivity index (χ4v) is 7.26. The number of amides is 2. The minimum Gasteiger partial charge on any atom is -0.421 e. The monoisotopic (exact) mass is 643 g/mol. The van der Waals surface area contributed by atoms with Crippen LogP contribution in [0.1, 0.15) is 80.2 Å². The predicted octanol–water partition coefficient (Wildman–Crippen LogP) is 7.15. The van der Waals surface area contributed by atoms with Gasteiger partial charge in [0, 0.05) is 30.5 Å². The molecule has 1 N–H and O–H groups in total. The number of aryl methyl sites for hydroxylation is 1. The molecule has 234 valence electrons. The summed E-state index contributed by atoms with van der Waals surface area (Å²) in [5.74, 6) is -2.33. The summed E-state index contributed by atoms with van der Waals surface area (Å²) >= 11 is 1.20. The third-order valence-corrected chi connectivity index (χ3v) is 9.64. The number of nitrogens with zero attached hydrogens (tertiary/aromatic N) is 4. The molecule has 2 aliphatic heterocycles. The van der Waals surface area contributed by atoms with Crippen molar-refractivity contribution >= 4 is 23.2 Å². The number of hydrogen-bond donors (Lipinski definition) is 1. The van der Waals surface area contributed by atoms with E-state index in [4.69, 9.17) is 9.40 Å². The number of carbonyl (C=O) groups excluding carboxylic acids is 2. The summed E-state index contributed by atoms with van der Waals surface area (Å²) in [5.41, 5.74) is 4.26. The SMILES string of the molecule is Cc1nnc(-c2c(C[C@@H](C)c3ccc(F)cc3)nc3c(c2-c2ccc(C(=O)NCc4ccc(F)c(F)c4)s2)C(=O)N2CCC[C@@H]32)o1. The highest BCUT2D eigenvalue weighted by Gasteiger charge is 2.45. The standard InChI is InChI=1S/C34H28F3N5O3S/c1-17(20-6-8-21(35)9-7-20)14-24-28(33-41-40-18(2)45-33)29(30-31(39-24)25-4-3-13-42(25)34(30)44)26-11-12-27(46-26)32(43)38-16-19-5-10-22(36)23(37)15-19/h5-12,15,17,25H,3-4,13-14,16H2,1-2H3,(H,38,43)/t17-,25+/m1/s1. The van der Waals surface area contributed by atoms with E-state index in [2.05, 4.69) is 15.5 Å². The summed E-state index contributed by atoms with van der Waals surface area (Å²) in [4.78, 5) is 35.1. The van der Waals surface area contributed by atoms with Crippen LogP contribution >= 0.6 is 11.3 Å². The van der Waals surface area contributed by atoms with Crippen molar-refractivity contribution in [3.63, 3.8) is 0 Å². The number of nitrogens with one attached hydrogen (secondary N) is 1. The summed E-state index contributed by atoms with van der Waals surface area (Å²) < 4.78 is 46.7. The Hall–Kier alpha value is -4.84. The van der Waals surface area contributed by atoms with Crippen molar-refractivity contribution in [2.75, 3.05) is 6.54 Å². The van der Waals surface area contributed by atoms with Gasteiger partial charge in [0.25, 0.3) is 11.8 Å². The minimum atomic E-state index is -0.991. The van der Waals surface area contributed by atoms with Gasteiger partial charge in [0.15, 0.2) is 11.6 Å². The molecule has 46 heavy (non-hydrogen) atoms. The molecule has 0 unspecified atom stereocenters. The first-order valence-corrected chi connectivity index (χ1v) is 15.8. The summed E-state index contributed by atoms with van der Waals surface area (Å²) in [5, 5.41) is 11.2. The van der Waals surface area contributed by atoms with Crippen molar-refractivity contribution in [3.8, 4) is 21.9 Å². The Kier molecular flexibility index (Phi) is 7.67. The van der Waals surface area contributed by atoms with Crippen LogP contribution in [0.25, 0.3) is 21.9 Å². The number of rotatable bonds is 8. The maximum Gasteiger partial charge on any atom is 0.261 e. The molecule has 2 aromatic carbocycles. The fourth-order valence-electron chi connectivity index (χ4n) is 6.28. The Morgan fingerprint density at radius 3 is 2.59 bits per heavy atom. The first-order valence-electron chi connectivity index (χ1n) is 14.9. The topological polar surface area (TPSA) is 101 Å². The zero-order valence-corrected chi connectivity index (χ0v) is 25.8. The molecular formula is C34H28F3N5O3S. The maximum absolute atomic E-state index is 14.0. The quantitative estimate of drug-likeness (QED) is 0.193. The lowest BCUT2D eigenvalue weighted by molar-refractivity contribution is 0.0776. The number of benzene rings is 2. The molecule has 5 heterocycles. The Balaban J connectivity index is 1.32. The van der Waals surface area contributed by atoms with Gasteiger partial charge in [-0.25, -0.2) is 13.2 Å². The van der Waals surface area contributed by atoms with Crippen LogP contribution in [0.4, 0.5) is 13.2 Å². The number of thiophene rings is 1. The third-order valence-electron chi connectivity index (χ3n) is 8.54. The molecule has 0 aliphatic carbocycles. The summed E-state index contributed by atoms with van der Waals surface area (Å²) in [6.45, 7) is 4.33. The number of hydrogen-bond acceptors (Lipinski definition) is 7. The number of fused-ring (bicyclic) bond motifs is 3. The van der Waals surface area contributed by atoms with Crippen LogP contribution in [0.5, 0.6) is 0 Å². The van der Waals surface area contributed by atoms with Gasteiger partial charge >= 0.3 is 0 Å². The van der Waals surface area contributed by atoms with E-state index in [0.717, 1.165) is 30.5 Å². The third kappa shape index (κ3) is 5.36. The van der Waals surface area contributed by atoms with E-state index in [-0.39, 0.29) is 36.1 Å². The van der Waals surface area contributed by atoms with Crippen molar-refractivity contribution in [1.82, 2.24) is 25.4 Å². The molecule has 3 aromatic heterocycles. The molecule has 8 nitrogen and oxygen atoms in total. The van der Waals surface area contributed by atoms with Gasteiger partial charge in [-0.2, -0.15) is 0 Å². The Bertz CT molecular complexity index is 1990. The Morgan fingerprint density at radius 1 is 1.04 bits per heavy atom. The van der Waals surface area contributed by atoms with E-state index < -0.39 is 17.5 Å². The lowest BCUT2D eigenvalue weighted by Crippen LogP contribution is -2.23. The van der Waals surface area contributed by atoms with Crippen molar-refractivity contribution < 1.29 is 27.2 Å². The number of halogens is 3. The lowest BCUT2D eigenvalue weighted by Gasteiger charge is -2.19. The van der Waals surface area contributed by atoms with Crippen molar-refractivity contribution in [1.29, 1.82) is 0 Å². The molecule has 5 aromatic rings. The van der Waals surface area contributed by atoms with Crippen molar-refractivity contribution in [2.45, 2.75) is 51.6 Å². The molecule has 0 radical (unpaired) electrons.